The summed E-state index contributed by atoms with van der Waals surface area (Å²) in [5.41, 5.74) is 2.30. The maximum absolute atomic E-state index is 12.7. The van der Waals surface area contributed by atoms with Crippen LogP contribution in [0.2, 0.25) is 0 Å². The van der Waals surface area contributed by atoms with Crippen molar-refractivity contribution in [3.05, 3.63) is 71.1 Å². The lowest BCUT2D eigenvalue weighted by Gasteiger charge is -2.16. The van der Waals surface area contributed by atoms with Crippen LogP contribution in [0.3, 0.4) is 0 Å². The maximum atomic E-state index is 12.7. The van der Waals surface area contributed by atoms with E-state index in [2.05, 4.69) is 15.1 Å². The average molecular weight is 387 g/mol. The lowest BCUT2D eigenvalue weighted by molar-refractivity contribution is -0.137. The number of aromatic nitrogens is 2. The molecule has 1 aromatic heterocycles. The van der Waals surface area contributed by atoms with Gasteiger partial charge in [-0.3, -0.25) is 4.90 Å². The smallest absolute Gasteiger partial charge is 0.416 e. The highest BCUT2D eigenvalue weighted by molar-refractivity contribution is 5.52. The topological polar surface area (TPSA) is 42.2 Å². The van der Waals surface area contributed by atoms with Crippen molar-refractivity contribution in [1.82, 2.24) is 15.1 Å². The van der Waals surface area contributed by atoms with Gasteiger partial charge in [-0.05, 0) is 49.7 Å². The van der Waals surface area contributed by atoms with Crippen molar-refractivity contribution in [3.63, 3.8) is 0 Å². The van der Waals surface area contributed by atoms with Crippen molar-refractivity contribution in [2.45, 2.75) is 32.0 Å². The van der Waals surface area contributed by atoms with Crippen molar-refractivity contribution in [3.8, 4) is 11.5 Å². The van der Waals surface area contributed by atoms with Crippen LogP contribution in [-0.2, 0) is 12.7 Å². The molecule has 0 unspecified atom stereocenters. The van der Waals surface area contributed by atoms with Crippen LogP contribution in [0.15, 0.2) is 52.9 Å². The second-order valence-corrected chi connectivity index (χ2v) is 7.23. The van der Waals surface area contributed by atoms with E-state index in [0.717, 1.165) is 48.3 Å². The third-order valence-corrected chi connectivity index (χ3v) is 5.05. The molecule has 7 heteroatoms. The molecule has 4 nitrogen and oxygen atoms in total. The first-order valence-electron chi connectivity index (χ1n) is 9.17. The first kappa shape index (κ1) is 18.7. The Morgan fingerprint density at radius 3 is 2.43 bits per heavy atom. The highest BCUT2D eigenvalue weighted by Crippen LogP contribution is 2.31. The summed E-state index contributed by atoms with van der Waals surface area (Å²) in [5, 5.41) is 8.37. The van der Waals surface area contributed by atoms with Crippen LogP contribution in [0, 0.1) is 6.92 Å². The monoisotopic (exact) mass is 387 g/mol. The molecule has 1 atom stereocenters. The third-order valence-electron chi connectivity index (χ3n) is 5.05. The van der Waals surface area contributed by atoms with Crippen molar-refractivity contribution >= 4 is 0 Å². The number of hydrogen-bond acceptors (Lipinski definition) is 4. The molecule has 0 aliphatic carbocycles. The summed E-state index contributed by atoms with van der Waals surface area (Å²) < 4.78 is 43.9. The molecule has 0 radical (unpaired) electrons. The molecule has 28 heavy (non-hydrogen) atoms. The van der Waals surface area contributed by atoms with Gasteiger partial charge in [-0.15, -0.1) is 10.2 Å². The molecule has 1 fully saturated rings. The van der Waals surface area contributed by atoms with E-state index in [9.17, 15) is 13.2 Å². The number of aryl methyl sites for hydroxylation is 1. The molecular formula is C21H20F3N3O. The fourth-order valence-electron chi connectivity index (χ4n) is 3.45. The average Bonchev–Trinajstić information content (AvgIpc) is 3.31. The van der Waals surface area contributed by atoms with Crippen LogP contribution in [0.1, 0.15) is 34.9 Å². The Bertz CT molecular complexity index is 933. The Labute approximate surface area is 161 Å². The molecule has 4 rings (SSSR count). The molecule has 1 saturated heterocycles. The Morgan fingerprint density at radius 2 is 1.75 bits per heavy atom. The number of alkyl halides is 3. The van der Waals surface area contributed by atoms with Gasteiger partial charge in [0.25, 0.3) is 0 Å². The molecule has 0 N–H and O–H groups in total. The third kappa shape index (κ3) is 4.09. The van der Waals surface area contributed by atoms with Gasteiger partial charge < -0.3 is 4.42 Å². The number of rotatable bonds is 4. The van der Waals surface area contributed by atoms with Crippen LogP contribution in [-0.4, -0.2) is 28.2 Å². The molecule has 0 amide bonds. The van der Waals surface area contributed by atoms with Crippen LogP contribution < -0.4 is 0 Å². The molecule has 2 heterocycles. The molecule has 0 saturated carbocycles. The van der Waals surface area contributed by atoms with Crippen molar-refractivity contribution in [2.24, 2.45) is 0 Å². The zero-order valence-electron chi connectivity index (χ0n) is 15.4. The fourth-order valence-corrected chi connectivity index (χ4v) is 3.45. The number of hydrogen-bond donors (Lipinski definition) is 0. The van der Waals surface area contributed by atoms with Gasteiger partial charge in [0.15, 0.2) is 0 Å². The van der Waals surface area contributed by atoms with Gasteiger partial charge in [0.2, 0.25) is 11.8 Å². The lowest BCUT2D eigenvalue weighted by atomic mass is 10.1. The van der Waals surface area contributed by atoms with Crippen molar-refractivity contribution in [2.75, 3.05) is 13.1 Å². The predicted octanol–water partition coefficient (Wildman–Crippen LogP) is 5.05. The van der Waals surface area contributed by atoms with Crippen molar-refractivity contribution < 1.29 is 17.6 Å². The van der Waals surface area contributed by atoms with Crippen LogP contribution in [0.4, 0.5) is 13.2 Å². The summed E-state index contributed by atoms with van der Waals surface area (Å²) >= 11 is 0. The molecule has 0 bridgehead atoms. The molecule has 3 aromatic rings. The van der Waals surface area contributed by atoms with E-state index in [0.29, 0.717) is 18.3 Å². The van der Waals surface area contributed by atoms with Gasteiger partial charge in [-0.2, -0.15) is 13.2 Å². The van der Waals surface area contributed by atoms with Crippen molar-refractivity contribution in [1.29, 1.82) is 0 Å². The van der Waals surface area contributed by atoms with Gasteiger partial charge in [-0.25, -0.2) is 0 Å². The zero-order chi connectivity index (χ0) is 19.7. The molecular weight excluding hydrogens is 367 g/mol. The van der Waals surface area contributed by atoms with E-state index in [1.54, 1.807) is 12.1 Å². The van der Waals surface area contributed by atoms with Crippen LogP contribution in [0.5, 0.6) is 0 Å². The van der Waals surface area contributed by atoms with E-state index in [1.165, 1.54) is 0 Å². The van der Waals surface area contributed by atoms with E-state index in [-0.39, 0.29) is 5.92 Å². The Hall–Kier alpha value is -2.67. The second-order valence-electron chi connectivity index (χ2n) is 7.23. The number of nitrogens with zero attached hydrogens (tertiary/aromatic N) is 3. The minimum Gasteiger partial charge on any atom is -0.420 e. The van der Waals surface area contributed by atoms with E-state index >= 15 is 0 Å². The van der Waals surface area contributed by atoms with Gasteiger partial charge in [0, 0.05) is 18.7 Å². The van der Waals surface area contributed by atoms with Gasteiger partial charge >= 0.3 is 6.18 Å². The van der Waals surface area contributed by atoms with Crippen LogP contribution >= 0.6 is 0 Å². The summed E-state index contributed by atoms with van der Waals surface area (Å²) in [6.07, 6.45) is -3.42. The molecule has 146 valence electrons. The normalized spacial score (nSPS) is 17.9. The predicted molar refractivity (Wildman–Crippen MR) is 98.6 cm³/mol. The summed E-state index contributed by atoms with van der Waals surface area (Å²) in [7, 11) is 0. The quantitative estimate of drug-likeness (QED) is 0.628. The Kier molecular flexibility index (Phi) is 4.93. The van der Waals surface area contributed by atoms with E-state index in [4.69, 9.17) is 4.42 Å². The standard InChI is InChI=1S/C21H20F3N3O/c1-14-2-6-16(7-3-14)19-25-26-20(28-19)17-10-11-27(13-17)12-15-4-8-18(9-5-15)21(22,23)24/h2-9,17H,10-13H2,1H3/t17-/m0/s1. The lowest BCUT2D eigenvalue weighted by Crippen LogP contribution is -2.20. The van der Waals surface area contributed by atoms with E-state index in [1.807, 2.05) is 31.2 Å². The minimum absolute atomic E-state index is 0.140. The SMILES string of the molecule is Cc1ccc(-c2nnc([C@H]3CCN(Cc4ccc(C(F)(F)F)cc4)C3)o2)cc1. The molecule has 1 aliphatic heterocycles. The Balaban J connectivity index is 1.38. The number of likely N-dealkylation sites (tertiary alicyclic amines) is 1. The highest BCUT2D eigenvalue weighted by Gasteiger charge is 2.31. The minimum atomic E-state index is -4.30. The first-order valence-corrected chi connectivity index (χ1v) is 9.17. The van der Waals surface area contributed by atoms with Gasteiger partial charge in [0.05, 0.1) is 11.5 Å². The Morgan fingerprint density at radius 1 is 1.04 bits per heavy atom. The highest BCUT2D eigenvalue weighted by atomic mass is 19.4. The largest absolute Gasteiger partial charge is 0.420 e. The second kappa shape index (κ2) is 7.39. The first-order chi connectivity index (χ1) is 13.4. The summed E-state index contributed by atoms with van der Waals surface area (Å²) in [6.45, 7) is 4.21. The number of halogens is 3. The van der Waals surface area contributed by atoms with Gasteiger partial charge in [-0.1, -0.05) is 29.8 Å². The molecule has 0 spiro atoms. The summed E-state index contributed by atoms with van der Waals surface area (Å²) in [4.78, 5) is 2.20. The molecule has 1 aliphatic rings. The summed E-state index contributed by atoms with van der Waals surface area (Å²) in [6, 6.07) is 13.3. The van der Waals surface area contributed by atoms with E-state index < -0.39 is 11.7 Å². The fraction of sp³-hybridized carbons (Fsp3) is 0.333. The zero-order valence-corrected chi connectivity index (χ0v) is 15.4. The maximum Gasteiger partial charge on any atom is 0.416 e. The molecule has 2 aromatic carbocycles. The summed E-state index contributed by atoms with van der Waals surface area (Å²) in [5.74, 6) is 1.27. The van der Waals surface area contributed by atoms with Gasteiger partial charge in [0.1, 0.15) is 0 Å². The van der Waals surface area contributed by atoms with Crippen LogP contribution in [0.25, 0.3) is 11.5 Å². The number of benzene rings is 2.